The minimum atomic E-state index is -0.533. The SMILES string of the molecule is NC(=O)Nc1ccc(NC2CCCSC2)cc1. The van der Waals surface area contributed by atoms with Gasteiger partial charge in [-0.05, 0) is 42.9 Å². The van der Waals surface area contributed by atoms with Crippen molar-refractivity contribution in [3.8, 4) is 0 Å². The van der Waals surface area contributed by atoms with Gasteiger partial charge in [0.05, 0.1) is 0 Å². The lowest BCUT2D eigenvalue weighted by atomic mass is 10.1. The molecule has 2 rings (SSSR count). The van der Waals surface area contributed by atoms with E-state index in [0.717, 1.165) is 11.4 Å². The number of benzene rings is 1. The molecule has 0 aromatic heterocycles. The minimum Gasteiger partial charge on any atom is -0.381 e. The Morgan fingerprint density at radius 3 is 2.59 bits per heavy atom. The fourth-order valence-electron chi connectivity index (χ4n) is 1.88. The van der Waals surface area contributed by atoms with E-state index in [0.29, 0.717) is 6.04 Å². The monoisotopic (exact) mass is 251 g/mol. The number of hydrogen-bond acceptors (Lipinski definition) is 3. The van der Waals surface area contributed by atoms with Crippen molar-refractivity contribution in [2.24, 2.45) is 5.73 Å². The summed E-state index contributed by atoms with van der Waals surface area (Å²) in [5, 5.41) is 6.04. The topological polar surface area (TPSA) is 67.2 Å². The van der Waals surface area contributed by atoms with Gasteiger partial charge >= 0.3 is 6.03 Å². The number of anilines is 2. The van der Waals surface area contributed by atoms with Crippen molar-refractivity contribution in [1.82, 2.24) is 0 Å². The van der Waals surface area contributed by atoms with Crippen molar-refractivity contribution in [2.75, 3.05) is 22.1 Å². The summed E-state index contributed by atoms with van der Waals surface area (Å²) >= 11 is 2.00. The summed E-state index contributed by atoms with van der Waals surface area (Å²) < 4.78 is 0. The van der Waals surface area contributed by atoms with Crippen LogP contribution in [0.4, 0.5) is 16.2 Å². The van der Waals surface area contributed by atoms with Crippen LogP contribution in [0, 0.1) is 0 Å². The molecule has 1 aliphatic heterocycles. The zero-order chi connectivity index (χ0) is 12.1. The highest BCUT2D eigenvalue weighted by atomic mass is 32.2. The molecule has 1 unspecified atom stereocenters. The first-order valence-corrected chi connectivity index (χ1v) is 6.90. The lowest BCUT2D eigenvalue weighted by Crippen LogP contribution is -2.25. The van der Waals surface area contributed by atoms with Gasteiger partial charge in [0, 0.05) is 23.2 Å². The Labute approximate surface area is 105 Å². The molecule has 92 valence electrons. The maximum absolute atomic E-state index is 10.7. The molecule has 5 heteroatoms. The Balaban J connectivity index is 1.90. The number of amides is 2. The van der Waals surface area contributed by atoms with Crippen LogP contribution in [0.2, 0.25) is 0 Å². The van der Waals surface area contributed by atoms with E-state index >= 15 is 0 Å². The van der Waals surface area contributed by atoms with Gasteiger partial charge in [-0.25, -0.2) is 4.79 Å². The molecule has 0 radical (unpaired) electrons. The van der Waals surface area contributed by atoms with Crippen molar-refractivity contribution in [3.05, 3.63) is 24.3 Å². The zero-order valence-electron chi connectivity index (χ0n) is 9.61. The van der Waals surface area contributed by atoms with Crippen molar-refractivity contribution in [2.45, 2.75) is 18.9 Å². The number of nitrogens with two attached hydrogens (primary N) is 1. The van der Waals surface area contributed by atoms with E-state index in [9.17, 15) is 4.79 Å². The third kappa shape index (κ3) is 3.85. The van der Waals surface area contributed by atoms with E-state index in [-0.39, 0.29) is 0 Å². The van der Waals surface area contributed by atoms with Gasteiger partial charge in [-0.15, -0.1) is 0 Å². The largest absolute Gasteiger partial charge is 0.381 e. The molecule has 1 heterocycles. The maximum atomic E-state index is 10.7. The Morgan fingerprint density at radius 1 is 1.29 bits per heavy atom. The smallest absolute Gasteiger partial charge is 0.316 e. The number of primary amides is 1. The van der Waals surface area contributed by atoms with Crippen LogP contribution in [0.15, 0.2) is 24.3 Å². The molecule has 1 fully saturated rings. The molecule has 0 spiro atoms. The first kappa shape index (κ1) is 12.1. The Morgan fingerprint density at radius 2 is 2.00 bits per heavy atom. The molecule has 4 N–H and O–H groups in total. The molecule has 0 bridgehead atoms. The first-order valence-electron chi connectivity index (χ1n) is 5.75. The number of carbonyl (C=O) groups excluding carboxylic acids is 1. The molecule has 0 aliphatic carbocycles. The molecule has 4 nitrogen and oxygen atoms in total. The molecule has 1 saturated heterocycles. The van der Waals surface area contributed by atoms with Crippen LogP contribution in [-0.4, -0.2) is 23.6 Å². The predicted molar refractivity (Wildman–Crippen MR) is 73.6 cm³/mol. The Kier molecular flexibility index (Phi) is 4.14. The van der Waals surface area contributed by atoms with E-state index in [2.05, 4.69) is 10.6 Å². The van der Waals surface area contributed by atoms with Gasteiger partial charge in [0.25, 0.3) is 0 Å². The van der Waals surface area contributed by atoms with Crippen LogP contribution in [0.5, 0.6) is 0 Å². The lowest BCUT2D eigenvalue weighted by molar-refractivity contribution is 0.259. The van der Waals surface area contributed by atoms with E-state index in [4.69, 9.17) is 5.73 Å². The standard InChI is InChI=1S/C12H17N3OS/c13-12(16)15-10-5-3-9(4-6-10)14-11-2-1-7-17-8-11/h3-6,11,14H,1-2,7-8H2,(H3,13,15,16). The van der Waals surface area contributed by atoms with Gasteiger partial charge in [-0.1, -0.05) is 0 Å². The van der Waals surface area contributed by atoms with Gasteiger partial charge in [0.1, 0.15) is 0 Å². The summed E-state index contributed by atoms with van der Waals surface area (Å²) in [6.07, 6.45) is 2.51. The molecule has 1 aliphatic rings. The van der Waals surface area contributed by atoms with Crippen molar-refractivity contribution in [3.63, 3.8) is 0 Å². The summed E-state index contributed by atoms with van der Waals surface area (Å²) in [5.41, 5.74) is 6.86. The molecule has 2 amide bonds. The molecule has 0 saturated carbocycles. The van der Waals surface area contributed by atoms with E-state index in [1.54, 1.807) is 0 Å². The summed E-state index contributed by atoms with van der Waals surface area (Å²) in [6, 6.07) is 7.65. The fraction of sp³-hybridized carbons (Fsp3) is 0.417. The van der Waals surface area contributed by atoms with Crippen LogP contribution in [0.25, 0.3) is 0 Å². The van der Waals surface area contributed by atoms with Gasteiger partial charge in [-0.3, -0.25) is 0 Å². The molecule has 1 atom stereocenters. The second-order valence-electron chi connectivity index (χ2n) is 4.13. The van der Waals surface area contributed by atoms with E-state index < -0.39 is 6.03 Å². The number of hydrogen-bond donors (Lipinski definition) is 3. The number of thioether (sulfide) groups is 1. The van der Waals surface area contributed by atoms with Crippen LogP contribution in [-0.2, 0) is 0 Å². The number of carbonyl (C=O) groups is 1. The van der Waals surface area contributed by atoms with E-state index in [1.165, 1.54) is 24.3 Å². The lowest BCUT2D eigenvalue weighted by Gasteiger charge is -2.23. The van der Waals surface area contributed by atoms with Crippen LogP contribution in [0.3, 0.4) is 0 Å². The summed E-state index contributed by atoms with van der Waals surface area (Å²) in [4.78, 5) is 10.7. The number of urea groups is 1. The van der Waals surface area contributed by atoms with Crippen molar-refractivity contribution in [1.29, 1.82) is 0 Å². The van der Waals surface area contributed by atoms with Gasteiger partial charge in [0.15, 0.2) is 0 Å². The average Bonchev–Trinajstić information content (AvgIpc) is 2.32. The van der Waals surface area contributed by atoms with Gasteiger partial charge in [0.2, 0.25) is 0 Å². The van der Waals surface area contributed by atoms with Crippen LogP contribution >= 0.6 is 11.8 Å². The maximum Gasteiger partial charge on any atom is 0.316 e. The van der Waals surface area contributed by atoms with E-state index in [1.807, 2.05) is 36.0 Å². The second kappa shape index (κ2) is 5.82. The average molecular weight is 251 g/mol. The highest BCUT2D eigenvalue weighted by Gasteiger charge is 2.12. The molecule has 17 heavy (non-hydrogen) atoms. The molecule has 1 aromatic rings. The third-order valence-corrected chi connectivity index (χ3v) is 3.90. The summed E-state index contributed by atoms with van der Waals surface area (Å²) in [5.74, 6) is 2.45. The fourth-order valence-corrected chi connectivity index (χ4v) is 2.95. The Hall–Kier alpha value is -1.36. The number of rotatable bonds is 3. The van der Waals surface area contributed by atoms with Crippen LogP contribution in [0.1, 0.15) is 12.8 Å². The van der Waals surface area contributed by atoms with Crippen LogP contribution < -0.4 is 16.4 Å². The molecular weight excluding hydrogens is 234 g/mol. The highest BCUT2D eigenvalue weighted by molar-refractivity contribution is 7.99. The third-order valence-electron chi connectivity index (χ3n) is 2.68. The molecule has 1 aromatic carbocycles. The molecular formula is C12H17N3OS. The van der Waals surface area contributed by atoms with Gasteiger partial charge < -0.3 is 16.4 Å². The second-order valence-corrected chi connectivity index (χ2v) is 5.27. The zero-order valence-corrected chi connectivity index (χ0v) is 10.4. The number of nitrogens with one attached hydrogen (secondary N) is 2. The summed E-state index contributed by atoms with van der Waals surface area (Å²) in [7, 11) is 0. The van der Waals surface area contributed by atoms with Crippen molar-refractivity contribution >= 4 is 29.2 Å². The summed E-state index contributed by atoms with van der Waals surface area (Å²) in [6.45, 7) is 0. The highest BCUT2D eigenvalue weighted by Crippen LogP contribution is 2.21. The normalized spacial score (nSPS) is 19.6. The first-order chi connectivity index (χ1) is 8.24. The van der Waals surface area contributed by atoms with Gasteiger partial charge in [-0.2, -0.15) is 11.8 Å². The van der Waals surface area contributed by atoms with Crippen molar-refractivity contribution < 1.29 is 4.79 Å². The Bertz CT molecular complexity index is 374. The quantitative estimate of drug-likeness (QED) is 0.773. The minimum absolute atomic E-state index is 0.533. The predicted octanol–water partition coefficient (Wildman–Crippen LogP) is 2.48.